The van der Waals surface area contributed by atoms with Crippen LogP contribution in [0.25, 0.3) is 11.5 Å². The van der Waals surface area contributed by atoms with Crippen LogP contribution in [-0.4, -0.2) is 34.2 Å². The van der Waals surface area contributed by atoms with Crippen LogP contribution in [0.15, 0.2) is 44.5 Å². The minimum atomic E-state index is 0. The molecule has 0 aliphatic rings. The second-order valence-electron chi connectivity index (χ2n) is 6.12. The first-order valence-electron chi connectivity index (χ1n) is 8.97. The number of halogens is 1. The Morgan fingerprint density at radius 1 is 1.11 bits per heavy atom. The number of aliphatic imine (C=N–C) groups is 1. The number of nitrogens with one attached hydrogen (secondary N) is 2. The Morgan fingerprint density at radius 2 is 1.89 bits per heavy atom. The Kier molecular flexibility index (Phi) is 8.42. The molecule has 0 amide bonds. The van der Waals surface area contributed by atoms with Gasteiger partial charge in [0.25, 0.3) is 0 Å². The van der Waals surface area contributed by atoms with Crippen LogP contribution < -0.4 is 10.6 Å². The van der Waals surface area contributed by atoms with E-state index in [1.807, 2.05) is 38.1 Å². The summed E-state index contributed by atoms with van der Waals surface area (Å²) < 4.78 is 10.7. The molecule has 2 aromatic heterocycles. The third-order valence-electron chi connectivity index (χ3n) is 3.79. The number of hydrogen-bond acceptors (Lipinski definition) is 6. The van der Waals surface area contributed by atoms with E-state index in [1.54, 1.807) is 13.2 Å². The van der Waals surface area contributed by atoms with Gasteiger partial charge in [0.2, 0.25) is 11.8 Å². The van der Waals surface area contributed by atoms with Crippen LogP contribution in [0.5, 0.6) is 0 Å². The molecule has 3 aromatic rings. The number of guanidine groups is 1. The van der Waals surface area contributed by atoms with Gasteiger partial charge < -0.3 is 19.6 Å². The van der Waals surface area contributed by atoms with Crippen molar-refractivity contribution in [2.24, 2.45) is 4.99 Å². The molecule has 0 atom stereocenters. The van der Waals surface area contributed by atoms with Crippen LogP contribution in [0.1, 0.15) is 29.9 Å². The normalized spacial score (nSPS) is 11.2. The number of oxazole rings is 1. The van der Waals surface area contributed by atoms with E-state index in [4.69, 9.17) is 8.94 Å². The van der Waals surface area contributed by atoms with Gasteiger partial charge in [0.15, 0.2) is 11.8 Å². The van der Waals surface area contributed by atoms with E-state index in [9.17, 15) is 0 Å². The lowest BCUT2D eigenvalue weighted by Crippen LogP contribution is -2.38. The average molecular weight is 496 g/mol. The van der Waals surface area contributed by atoms with Gasteiger partial charge in [-0.2, -0.15) is 4.98 Å². The topological polar surface area (TPSA) is 101 Å². The highest BCUT2D eigenvalue weighted by atomic mass is 127. The molecule has 0 aliphatic carbocycles. The summed E-state index contributed by atoms with van der Waals surface area (Å²) in [5.41, 5.74) is 2.93. The highest BCUT2D eigenvalue weighted by Gasteiger charge is 2.07. The lowest BCUT2D eigenvalue weighted by atomic mass is 10.1. The van der Waals surface area contributed by atoms with E-state index in [-0.39, 0.29) is 24.0 Å². The summed E-state index contributed by atoms with van der Waals surface area (Å²) in [6.07, 6.45) is 2.27. The second-order valence-corrected chi connectivity index (χ2v) is 6.12. The van der Waals surface area contributed by atoms with Crippen LogP contribution in [0, 0.1) is 13.8 Å². The molecule has 0 aliphatic heterocycles. The van der Waals surface area contributed by atoms with Crippen LogP contribution >= 0.6 is 24.0 Å². The first-order valence-corrected chi connectivity index (χ1v) is 8.97. The summed E-state index contributed by atoms with van der Waals surface area (Å²) in [7, 11) is 0. The molecule has 0 bridgehead atoms. The third kappa shape index (κ3) is 6.32. The van der Waals surface area contributed by atoms with Crippen LogP contribution in [0.3, 0.4) is 0 Å². The number of aryl methyl sites for hydroxylation is 2. The highest BCUT2D eigenvalue weighted by Crippen LogP contribution is 2.19. The Bertz CT molecular complexity index is 888. The molecule has 0 saturated heterocycles. The first-order chi connectivity index (χ1) is 13.1. The number of hydrogen-bond donors (Lipinski definition) is 2. The number of benzene rings is 1. The molecule has 3 rings (SSSR count). The summed E-state index contributed by atoms with van der Waals surface area (Å²) >= 11 is 0. The predicted octanol–water partition coefficient (Wildman–Crippen LogP) is 3.26. The predicted molar refractivity (Wildman–Crippen MR) is 118 cm³/mol. The van der Waals surface area contributed by atoms with Gasteiger partial charge >= 0.3 is 0 Å². The minimum Gasteiger partial charge on any atom is -0.444 e. The summed E-state index contributed by atoms with van der Waals surface area (Å²) in [6.45, 7) is 7.69. The Labute approximate surface area is 181 Å². The monoisotopic (exact) mass is 496 g/mol. The van der Waals surface area contributed by atoms with E-state index < -0.39 is 0 Å². The van der Waals surface area contributed by atoms with Gasteiger partial charge in [-0.15, -0.1) is 24.0 Å². The van der Waals surface area contributed by atoms with Crippen molar-refractivity contribution in [3.05, 3.63) is 53.5 Å². The van der Waals surface area contributed by atoms with Crippen molar-refractivity contribution in [1.29, 1.82) is 0 Å². The van der Waals surface area contributed by atoms with Crippen LogP contribution in [0.4, 0.5) is 0 Å². The van der Waals surface area contributed by atoms with E-state index in [0.29, 0.717) is 43.1 Å². The maximum Gasteiger partial charge on any atom is 0.228 e. The molecule has 0 unspecified atom stereocenters. The van der Waals surface area contributed by atoms with Gasteiger partial charge in [-0.25, -0.2) is 9.98 Å². The molecule has 0 spiro atoms. The zero-order valence-corrected chi connectivity index (χ0v) is 18.6. The molecule has 28 heavy (non-hydrogen) atoms. The van der Waals surface area contributed by atoms with Gasteiger partial charge in [-0.05, 0) is 32.9 Å². The van der Waals surface area contributed by atoms with Crippen LogP contribution in [-0.2, 0) is 13.0 Å². The lowest BCUT2D eigenvalue weighted by molar-refractivity contribution is 0.374. The van der Waals surface area contributed by atoms with E-state index in [2.05, 4.69) is 30.8 Å². The van der Waals surface area contributed by atoms with Crippen molar-refractivity contribution in [3.8, 4) is 11.5 Å². The molecular formula is C19H25IN6O2. The quantitative estimate of drug-likeness (QED) is 0.294. The second kappa shape index (κ2) is 10.8. The van der Waals surface area contributed by atoms with Crippen molar-refractivity contribution in [2.75, 3.05) is 13.1 Å². The fraction of sp³-hybridized carbons (Fsp3) is 0.368. The molecule has 2 heterocycles. The molecule has 0 fully saturated rings. The summed E-state index contributed by atoms with van der Waals surface area (Å²) in [5.74, 6) is 2.55. The molecular weight excluding hydrogens is 471 g/mol. The zero-order chi connectivity index (χ0) is 19.1. The molecule has 1 aromatic carbocycles. The minimum absolute atomic E-state index is 0. The number of aromatic nitrogens is 3. The Morgan fingerprint density at radius 3 is 2.57 bits per heavy atom. The molecule has 0 radical (unpaired) electrons. The summed E-state index contributed by atoms with van der Waals surface area (Å²) in [4.78, 5) is 13.2. The van der Waals surface area contributed by atoms with Crippen molar-refractivity contribution in [1.82, 2.24) is 25.8 Å². The zero-order valence-electron chi connectivity index (χ0n) is 16.2. The van der Waals surface area contributed by atoms with Gasteiger partial charge in [-0.1, -0.05) is 22.9 Å². The van der Waals surface area contributed by atoms with Crippen molar-refractivity contribution in [3.63, 3.8) is 0 Å². The molecule has 8 nitrogen and oxygen atoms in total. The summed E-state index contributed by atoms with van der Waals surface area (Å²) in [6, 6.07) is 8.07. The SMILES string of the molecule is CCNC(=NCc1coc(-c2ccc(C)cc2)n1)NCCc1nc(C)no1.I. The van der Waals surface area contributed by atoms with E-state index in [0.717, 1.165) is 17.8 Å². The van der Waals surface area contributed by atoms with E-state index in [1.165, 1.54) is 5.56 Å². The first kappa shape index (κ1) is 21.9. The maximum absolute atomic E-state index is 5.58. The lowest BCUT2D eigenvalue weighted by Gasteiger charge is -2.09. The fourth-order valence-electron chi connectivity index (χ4n) is 2.44. The summed E-state index contributed by atoms with van der Waals surface area (Å²) in [5, 5.41) is 10.2. The highest BCUT2D eigenvalue weighted by molar-refractivity contribution is 14.0. The molecule has 150 valence electrons. The van der Waals surface area contributed by atoms with Crippen LogP contribution in [0.2, 0.25) is 0 Å². The molecule has 9 heteroatoms. The smallest absolute Gasteiger partial charge is 0.228 e. The average Bonchev–Trinajstić information content (AvgIpc) is 3.29. The van der Waals surface area contributed by atoms with Gasteiger partial charge in [0.05, 0.1) is 6.54 Å². The number of rotatable bonds is 7. The van der Waals surface area contributed by atoms with Gasteiger partial charge in [0.1, 0.15) is 12.0 Å². The standard InChI is InChI=1S/C19H24N6O2.HI/c1-4-20-19(21-10-9-17-23-14(3)25-27-17)22-11-16-12-26-18(24-16)15-7-5-13(2)6-8-15;/h5-8,12H,4,9-11H2,1-3H3,(H2,20,21,22);1H. The van der Waals surface area contributed by atoms with Crippen molar-refractivity contribution in [2.45, 2.75) is 33.7 Å². The molecule has 2 N–H and O–H groups in total. The Balaban J connectivity index is 0.00000280. The number of nitrogens with zero attached hydrogens (tertiary/aromatic N) is 4. The molecule has 0 saturated carbocycles. The fourth-order valence-corrected chi connectivity index (χ4v) is 2.44. The van der Waals surface area contributed by atoms with E-state index >= 15 is 0 Å². The third-order valence-corrected chi connectivity index (χ3v) is 3.79. The maximum atomic E-state index is 5.58. The largest absolute Gasteiger partial charge is 0.444 e. The van der Waals surface area contributed by atoms with Gasteiger partial charge in [-0.3, -0.25) is 0 Å². The van der Waals surface area contributed by atoms with Crippen molar-refractivity contribution >= 4 is 29.9 Å². The van der Waals surface area contributed by atoms with Crippen molar-refractivity contribution < 1.29 is 8.94 Å². The Hall–Kier alpha value is -2.43. The van der Waals surface area contributed by atoms with Gasteiger partial charge in [0, 0.05) is 25.1 Å².